The van der Waals surface area contributed by atoms with Gasteiger partial charge in [-0.1, -0.05) is 6.07 Å². The average Bonchev–Trinajstić information content (AvgIpc) is 2.40. The fraction of sp³-hybridized carbons (Fsp3) is 0.562. The first kappa shape index (κ1) is 15.0. The van der Waals surface area contributed by atoms with Crippen LogP contribution in [0.2, 0.25) is 0 Å². The molecule has 110 valence electrons. The lowest BCUT2D eigenvalue weighted by molar-refractivity contribution is 0.101. The number of likely N-dealkylation sites (tertiary alicyclic amines) is 1. The molecular formula is C16H23FN2O. The highest BCUT2D eigenvalue weighted by Crippen LogP contribution is 2.25. The van der Waals surface area contributed by atoms with Crippen molar-refractivity contribution in [1.82, 2.24) is 4.90 Å². The van der Waals surface area contributed by atoms with Crippen LogP contribution in [-0.4, -0.2) is 44.4 Å². The highest BCUT2D eigenvalue weighted by molar-refractivity contribution is 6.00. The van der Waals surface area contributed by atoms with Crippen molar-refractivity contribution in [3.8, 4) is 0 Å². The Hall–Kier alpha value is -1.42. The first-order chi connectivity index (χ1) is 9.49. The zero-order valence-corrected chi connectivity index (χ0v) is 12.5. The summed E-state index contributed by atoms with van der Waals surface area (Å²) in [4.78, 5) is 16.0. The van der Waals surface area contributed by atoms with E-state index in [0.717, 1.165) is 32.5 Å². The Morgan fingerprint density at radius 3 is 2.65 bits per heavy atom. The van der Waals surface area contributed by atoms with E-state index < -0.39 is 5.82 Å². The standard InChI is InChI=1S/C16H23FN2O/c1-12(20)16-14(17)5-4-6-15(16)19(3)11-13-7-9-18(2)10-8-13/h4-6,13H,7-11H2,1-3H3. The third-order valence-corrected chi connectivity index (χ3v) is 4.13. The van der Waals surface area contributed by atoms with Crippen molar-refractivity contribution >= 4 is 11.5 Å². The quantitative estimate of drug-likeness (QED) is 0.791. The molecule has 0 N–H and O–H groups in total. The van der Waals surface area contributed by atoms with Gasteiger partial charge in [0.1, 0.15) is 5.82 Å². The second-order valence-corrected chi connectivity index (χ2v) is 5.82. The van der Waals surface area contributed by atoms with E-state index in [-0.39, 0.29) is 11.3 Å². The summed E-state index contributed by atoms with van der Waals surface area (Å²) in [6.45, 7) is 4.52. The van der Waals surface area contributed by atoms with Crippen molar-refractivity contribution < 1.29 is 9.18 Å². The molecule has 0 aromatic heterocycles. The van der Waals surface area contributed by atoms with Gasteiger partial charge in [0, 0.05) is 13.6 Å². The molecule has 20 heavy (non-hydrogen) atoms. The fourth-order valence-electron chi connectivity index (χ4n) is 2.91. The van der Waals surface area contributed by atoms with Crippen LogP contribution in [0.25, 0.3) is 0 Å². The van der Waals surface area contributed by atoms with Gasteiger partial charge in [-0.15, -0.1) is 0 Å². The zero-order chi connectivity index (χ0) is 14.7. The van der Waals surface area contributed by atoms with E-state index in [1.807, 2.05) is 18.0 Å². The number of Topliss-reactive ketones (excluding diaryl/α,β-unsaturated/α-hetero) is 1. The number of nitrogens with zero attached hydrogens (tertiary/aromatic N) is 2. The highest BCUT2D eigenvalue weighted by atomic mass is 19.1. The molecule has 0 unspecified atom stereocenters. The van der Waals surface area contributed by atoms with Crippen molar-refractivity contribution in [2.75, 3.05) is 38.6 Å². The Kier molecular flexibility index (Phi) is 4.76. The molecule has 1 aromatic rings. The van der Waals surface area contributed by atoms with Crippen LogP contribution in [0.5, 0.6) is 0 Å². The topological polar surface area (TPSA) is 23.6 Å². The van der Waals surface area contributed by atoms with Gasteiger partial charge in [0.25, 0.3) is 0 Å². The van der Waals surface area contributed by atoms with Gasteiger partial charge < -0.3 is 9.80 Å². The first-order valence-corrected chi connectivity index (χ1v) is 7.18. The number of anilines is 1. The Morgan fingerprint density at radius 2 is 2.05 bits per heavy atom. The highest BCUT2D eigenvalue weighted by Gasteiger charge is 2.21. The van der Waals surface area contributed by atoms with Crippen LogP contribution in [0.3, 0.4) is 0 Å². The Labute approximate surface area is 120 Å². The maximum Gasteiger partial charge on any atom is 0.164 e. The third kappa shape index (κ3) is 3.37. The van der Waals surface area contributed by atoms with E-state index in [2.05, 4.69) is 11.9 Å². The minimum absolute atomic E-state index is 0.211. The van der Waals surface area contributed by atoms with Crippen LogP contribution < -0.4 is 4.90 Å². The summed E-state index contributed by atoms with van der Waals surface area (Å²) in [5.74, 6) is -0.0298. The molecule has 1 heterocycles. The zero-order valence-electron chi connectivity index (χ0n) is 12.5. The molecule has 2 rings (SSSR count). The fourth-order valence-corrected chi connectivity index (χ4v) is 2.91. The van der Waals surface area contributed by atoms with E-state index in [4.69, 9.17) is 0 Å². The summed E-state index contributed by atoms with van der Waals surface area (Å²) in [6, 6.07) is 4.85. The molecule has 0 saturated carbocycles. The van der Waals surface area contributed by atoms with Gasteiger partial charge in [0.2, 0.25) is 0 Å². The van der Waals surface area contributed by atoms with Crippen LogP contribution in [0.4, 0.5) is 10.1 Å². The van der Waals surface area contributed by atoms with E-state index in [0.29, 0.717) is 11.6 Å². The summed E-state index contributed by atoms with van der Waals surface area (Å²) < 4.78 is 13.8. The molecule has 1 aliphatic rings. The molecule has 1 aliphatic heterocycles. The van der Waals surface area contributed by atoms with Crippen LogP contribution in [0.1, 0.15) is 30.1 Å². The van der Waals surface area contributed by atoms with Crippen LogP contribution in [-0.2, 0) is 0 Å². The molecule has 0 amide bonds. The lowest BCUT2D eigenvalue weighted by atomic mass is 9.96. The van der Waals surface area contributed by atoms with E-state index in [1.165, 1.54) is 13.0 Å². The normalized spacial score (nSPS) is 17.2. The molecule has 1 aromatic carbocycles. The molecule has 1 saturated heterocycles. The van der Waals surface area contributed by atoms with Gasteiger partial charge in [-0.2, -0.15) is 0 Å². The minimum atomic E-state index is -0.426. The Balaban J connectivity index is 2.11. The number of carbonyl (C=O) groups is 1. The lowest BCUT2D eigenvalue weighted by Gasteiger charge is -2.33. The number of rotatable bonds is 4. The van der Waals surface area contributed by atoms with E-state index in [1.54, 1.807) is 6.07 Å². The molecular weight excluding hydrogens is 255 g/mol. The van der Waals surface area contributed by atoms with Gasteiger partial charge in [-0.25, -0.2) is 4.39 Å². The smallest absolute Gasteiger partial charge is 0.164 e. The largest absolute Gasteiger partial charge is 0.374 e. The minimum Gasteiger partial charge on any atom is -0.374 e. The van der Waals surface area contributed by atoms with Crippen LogP contribution in [0, 0.1) is 11.7 Å². The average molecular weight is 278 g/mol. The van der Waals surface area contributed by atoms with Crippen molar-refractivity contribution in [2.24, 2.45) is 5.92 Å². The summed E-state index contributed by atoms with van der Waals surface area (Å²) in [5, 5.41) is 0. The molecule has 0 bridgehead atoms. The van der Waals surface area contributed by atoms with Crippen LogP contribution in [0.15, 0.2) is 18.2 Å². The second kappa shape index (κ2) is 6.35. The molecule has 0 aliphatic carbocycles. The molecule has 3 nitrogen and oxygen atoms in total. The number of halogens is 1. The van der Waals surface area contributed by atoms with Gasteiger partial charge in [-0.05, 0) is 58.0 Å². The Morgan fingerprint density at radius 1 is 1.40 bits per heavy atom. The number of piperidine rings is 1. The van der Waals surface area contributed by atoms with Crippen molar-refractivity contribution in [1.29, 1.82) is 0 Å². The number of carbonyl (C=O) groups excluding carboxylic acids is 1. The molecule has 0 atom stereocenters. The number of hydrogen-bond acceptors (Lipinski definition) is 3. The van der Waals surface area contributed by atoms with Gasteiger partial charge in [0.05, 0.1) is 11.3 Å². The summed E-state index contributed by atoms with van der Waals surface area (Å²) in [7, 11) is 4.08. The first-order valence-electron chi connectivity index (χ1n) is 7.18. The predicted octanol–water partition coefficient (Wildman–Crippen LogP) is 2.81. The number of benzene rings is 1. The molecule has 4 heteroatoms. The van der Waals surface area contributed by atoms with E-state index >= 15 is 0 Å². The lowest BCUT2D eigenvalue weighted by Crippen LogP contribution is -2.36. The van der Waals surface area contributed by atoms with Gasteiger partial charge in [-0.3, -0.25) is 4.79 Å². The molecule has 0 spiro atoms. The number of ketones is 1. The van der Waals surface area contributed by atoms with Gasteiger partial charge in [0.15, 0.2) is 5.78 Å². The summed E-state index contributed by atoms with van der Waals surface area (Å²) in [6.07, 6.45) is 2.32. The Bertz CT molecular complexity index is 481. The maximum absolute atomic E-state index is 13.8. The van der Waals surface area contributed by atoms with Crippen molar-refractivity contribution in [2.45, 2.75) is 19.8 Å². The maximum atomic E-state index is 13.8. The monoisotopic (exact) mass is 278 g/mol. The second-order valence-electron chi connectivity index (χ2n) is 5.82. The van der Waals surface area contributed by atoms with Crippen LogP contribution >= 0.6 is 0 Å². The summed E-state index contributed by atoms with van der Waals surface area (Å²) in [5.41, 5.74) is 0.916. The van der Waals surface area contributed by atoms with E-state index in [9.17, 15) is 9.18 Å². The van der Waals surface area contributed by atoms with Crippen molar-refractivity contribution in [3.63, 3.8) is 0 Å². The van der Waals surface area contributed by atoms with Gasteiger partial charge >= 0.3 is 0 Å². The molecule has 1 fully saturated rings. The number of hydrogen-bond donors (Lipinski definition) is 0. The SMILES string of the molecule is CC(=O)c1c(F)cccc1N(C)CC1CCN(C)CC1. The summed E-state index contributed by atoms with van der Waals surface area (Å²) >= 11 is 0. The van der Waals surface area contributed by atoms with Crippen molar-refractivity contribution in [3.05, 3.63) is 29.6 Å². The molecule has 0 radical (unpaired) electrons. The predicted molar refractivity (Wildman–Crippen MR) is 79.9 cm³/mol. The third-order valence-electron chi connectivity index (χ3n) is 4.13.